The van der Waals surface area contributed by atoms with E-state index in [1.165, 1.54) is 12.1 Å². The molecule has 0 saturated heterocycles. The molecule has 2 aromatic heterocycles. The van der Waals surface area contributed by atoms with E-state index >= 15 is 0 Å². The molecule has 0 amide bonds. The third-order valence-electron chi connectivity index (χ3n) is 4.30. The van der Waals surface area contributed by atoms with Crippen LogP contribution in [0, 0.1) is 0 Å². The normalized spacial score (nSPS) is 11.2. The van der Waals surface area contributed by atoms with Gasteiger partial charge >= 0.3 is 11.9 Å². The second kappa shape index (κ2) is 11.2. The van der Waals surface area contributed by atoms with Crippen molar-refractivity contribution in [1.29, 1.82) is 0 Å². The summed E-state index contributed by atoms with van der Waals surface area (Å²) in [6.45, 7) is 7.59. The summed E-state index contributed by atoms with van der Waals surface area (Å²) in [5, 5.41) is 18.3. The van der Waals surface area contributed by atoms with Gasteiger partial charge in [-0.05, 0) is 50.2 Å². The van der Waals surface area contributed by atoms with Gasteiger partial charge in [0.2, 0.25) is 0 Å². The molecule has 0 radical (unpaired) electrons. The van der Waals surface area contributed by atoms with Crippen molar-refractivity contribution in [3.63, 3.8) is 0 Å². The molecule has 156 valence electrons. The summed E-state index contributed by atoms with van der Waals surface area (Å²) in [7, 11) is 0. The van der Waals surface area contributed by atoms with Crippen molar-refractivity contribution >= 4 is 11.9 Å². The van der Waals surface area contributed by atoms with Crippen molar-refractivity contribution in [1.82, 2.24) is 19.8 Å². The number of carboxylic acid groups (broad SMARTS) is 2. The summed E-state index contributed by atoms with van der Waals surface area (Å²) < 4.78 is 0. The standard InChI is InChI=1S/C21H28N4O4/c1-3-11-24(13-16-7-5-9-18(22-16)20(26)27)15-25(12-4-2)14-17-8-6-10-19(23-17)21(28)29/h5-10H,3-4,11-15H2,1-2H3,(H,26,27)(H,28,29). The Kier molecular flexibility index (Phi) is 8.69. The van der Waals surface area contributed by atoms with Gasteiger partial charge in [-0.15, -0.1) is 0 Å². The van der Waals surface area contributed by atoms with Crippen molar-refractivity contribution in [2.45, 2.75) is 39.8 Å². The van der Waals surface area contributed by atoms with Gasteiger partial charge in [0.1, 0.15) is 11.4 Å². The lowest BCUT2D eigenvalue weighted by molar-refractivity contribution is 0.0679. The van der Waals surface area contributed by atoms with Crippen LogP contribution < -0.4 is 0 Å². The molecule has 0 saturated carbocycles. The molecule has 2 rings (SSSR count). The van der Waals surface area contributed by atoms with Crippen LogP contribution >= 0.6 is 0 Å². The Bertz CT molecular complexity index is 760. The molecule has 8 nitrogen and oxygen atoms in total. The number of carboxylic acids is 2. The Balaban J connectivity index is 2.12. The lowest BCUT2D eigenvalue weighted by atomic mass is 10.2. The van der Waals surface area contributed by atoms with E-state index in [0.717, 1.165) is 25.9 Å². The number of pyridine rings is 2. The van der Waals surface area contributed by atoms with Crippen LogP contribution in [0.5, 0.6) is 0 Å². The highest BCUT2D eigenvalue weighted by Crippen LogP contribution is 2.10. The maximum Gasteiger partial charge on any atom is 0.354 e. The van der Waals surface area contributed by atoms with Gasteiger partial charge in [0.05, 0.1) is 18.1 Å². The maximum absolute atomic E-state index is 11.2. The molecular formula is C21H28N4O4. The highest BCUT2D eigenvalue weighted by atomic mass is 16.4. The number of hydrogen-bond donors (Lipinski definition) is 2. The highest BCUT2D eigenvalue weighted by Gasteiger charge is 2.15. The summed E-state index contributed by atoms with van der Waals surface area (Å²) in [6, 6.07) is 10.1. The Morgan fingerprint density at radius 2 is 1.21 bits per heavy atom. The van der Waals surface area contributed by atoms with Gasteiger partial charge in [0, 0.05) is 13.1 Å². The molecule has 2 N–H and O–H groups in total. The number of carbonyl (C=O) groups is 2. The van der Waals surface area contributed by atoms with E-state index in [4.69, 9.17) is 10.2 Å². The summed E-state index contributed by atoms with van der Waals surface area (Å²) >= 11 is 0. The quantitative estimate of drug-likeness (QED) is 0.524. The minimum absolute atomic E-state index is 0.0408. The second-order valence-corrected chi connectivity index (χ2v) is 6.89. The summed E-state index contributed by atoms with van der Waals surface area (Å²) in [5.74, 6) is -2.07. The van der Waals surface area contributed by atoms with Gasteiger partial charge in [0.25, 0.3) is 0 Å². The molecule has 0 fully saturated rings. The van der Waals surface area contributed by atoms with Crippen LogP contribution in [0.1, 0.15) is 59.1 Å². The first-order chi connectivity index (χ1) is 13.9. The minimum Gasteiger partial charge on any atom is -0.477 e. The van der Waals surface area contributed by atoms with Crippen molar-refractivity contribution in [2.75, 3.05) is 19.8 Å². The lowest BCUT2D eigenvalue weighted by Gasteiger charge is -2.30. The van der Waals surface area contributed by atoms with Crippen LogP contribution in [0.15, 0.2) is 36.4 Å². The number of nitrogens with zero attached hydrogens (tertiary/aromatic N) is 4. The Morgan fingerprint density at radius 3 is 1.55 bits per heavy atom. The average molecular weight is 400 g/mol. The van der Waals surface area contributed by atoms with Gasteiger partial charge in [0.15, 0.2) is 0 Å². The molecule has 0 aliphatic carbocycles. The van der Waals surface area contributed by atoms with E-state index in [2.05, 4.69) is 33.6 Å². The van der Waals surface area contributed by atoms with Crippen molar-refractivity contribution in [3.8, 4) is 0 Å². The molecule has 0 aliphatic heterocycles. The fourth-order valence-corrected chi connectivity index (χ4v) is 3.15. The topological polar surface area (TPSA) is 107 Å². The second-order valence-electron chi connectivity index (χ2n) is 6.89. The van der Waals surface area contributed by atoms with Gasteiger partial charge < -0.3 is 10.2 Å². The Labute approximate surface area is 170 Å². The van der Waals surface area contributed by atoms with E-state index in [0.29, 0.717) is 31.1 Å². The number of hydrogen-bond acceptors (Lipinski definition) is 6. The fraction of sp³-hybridized carbons (Fsp3) is 0.429. The summed E-state index contributed by atoms with van der Waals surface area (Å²) in [5.41, 5.74) is 1.50. The predicted octanol–water partition coefficient (Wildman–Crippen LogP) is 2.95. The van der Waals surface area contributed by atoms with E-state index in [1.54, 1.807) is 12.1 Å². The van der Waals surface area contributed by atoms with Crippen LogP contribution in [-0.2, 0) is 13.1 Å². The first kappa shape index (κ1) is 22.4. The van der Waals surface area contributed by atoms with Crippen molar-refractivity contribution in [2.24, 2.45) is 0 Å². The molecule has 2 heterocycles. The maximum atomic E-state index is 11.2. The predicted molar refractivity (Wildman–Crippen MR) is 109 cm³/mol. The zero-order valence-electron chi connectivity index (χ0n) is 16.9. The Morgan fingerprint density at radius 1 is 0.793 bits per heavy atom. The van der Waals surface area contributed by atoms with Gasteiger partial charge in [-0.3, -0.25) is 9.80 Å². The molecule has 0 aromatic carbocycles. The summed E-state index contributed by atoms with van der Waals surface area (Å²) in [6.07, 6.45) is 1.90. The molecule has 8 heteroatoms. The van der Waals surface area contributed by atoms with Crippen LogP contribution in [0.3, 0.4) is 0 Å². The van der Waals surface area contributed by atoms with E-state index in [-0.39, 0.29) is 11.4 Å². The number of aromatic carboxylic acids is 2. The molecule has 2 aromatic rings. The van der Waals surface area contributed by atoms with Crippen LogP contribution in [-0.4, -0.2) is 61.7 Å². The number of aromatic nitrogens is 2. The van der Waals surface area contributed by atoms with Crippen LogP contribution in [0.25, 0.3) is 0 Å². The zero-order chi connectivity index (χ0) is 21.2. The van der Waals surface area contributed by atoms with Gasteiger partial charge in [-0.1, -0.05) is 26.0 Å². The third kappa shape index (κ3) is 7.24. The van der Waals surface area contributed by atoms with E-state index in [1.807, 2.05) is 12.1 Å². The summed E-state index contributed by atoms with van der Waals surface area (Å²) in [4.78, 5) is 35.2. The van der Waals surface area contributed by atoms with Crippen LogP contribution in [0.4, 0.5) is 0 Å². The molecule has 0 atom stereocenters. The first-order valence-electron chi connectivity index (χ1n) is 9.76. The average Bonchev–Trinajstić information content (AvgIpc) is 2.68. The molecule has 0 unspecified atom stereocenters. The van der Waals surface area contributed by atoms with E-state index < -0.39 is 11.9 Å². The van der Waals surface area contributed by atoms with E-state index in [9.17, 15) is 9.59 Å². The SMILES string of the molecule is CCCN(Cc1cccc(C(=O)O)n1)CN(CCC)Cc1cccc(C(=O)O)n1. The Hall–Kier alpha value is -2.84. The van der Waals surface area contributed by atoms with Gasteiger partial charge in [-0.25, -0.2) is 19.6 Å². The van der Waals surface area contributed by atoms with Crippen molar-refractivity contribution in [3.05, 3.63) is 59.2 Å². The zero-order valence-corrected chi connectivity index (χ0v) is 16.9. The number of rotatable bonds is 12. The monoisotopic (exact) mass is 400 g/mol. The third-order valence-corrected chi connectivity index (χ3v) is 4.30. The van der Waals surface area contributed by atoms with Crippen LogP contribution in [0.2, 0.25) is 0 Å². The first-order valence-corrected chi connectivity index (χ1v) is 9.76. The lowest BCUT2D eigenvalue weighted by Crippen LogP contribution is -2.38. The fourth-order valence-electron chi connectivity index (χ4n) is 3.15. The molecule has 29 heavy (non-hydrogen) atoms. The molecule has 0 bridgehead atoms. The molecule has 0 aliphatic rings. The largest absolute Gasteiger partial charge is 0.477 e. The highest BCUT2D eigenvalue weighted by molar-refractivity contribution is 5.85. The minimum atomic E-state index is -1.04. The van der Waals surface area contributed by atoms with Gasteiger partial charge in [-0.2, -0.15) is 0 Å². The molecular weight excluding hydrogens is 372 g/mol. The smallest absolute Gasteiger partial charge is 0.354 e. The van der Waals surface area contributed by atoms with Crippen molar-refractivity contribution < 1.29 is 19.8 Å². The molecule has 0 spiro atoms.